The zero-order chi connectivity index (χ0) is 13.5. The maximum Gasteiger partial charge on any atom is 0.242 e. The first kappa shape index (κ1) is 12.3. The summed E-state index contributed by atoms with van der Waals surface area (Å²) in [5.74, 6) is 0. The van der Waals surface area contributed by atoms with Crippen molar-refractivity contribution in [3.8, 4) is 0 Å². The van der Waals surface area contributed by atoms with Gasteiger partial charge in [0.05, 0.1) is 0 Å². The Balaban J connectivity index is 1.98. The van der Waals surface area contributed by atoms with Crippen molar-refractivity contribution in [1.82, 2.24) is 9.71 Å². The molecule has 100 valence electrons. The normalized spacial score (nSPS) is 16.4. The second-order valence-corrected chi connectivity index (χ2v) is 6.40. The quantitative estimate of drug-likeness (QED) is 0.590. The number of sulfonamides is 1. The molecule has 0 radical (unpaired) electrons. The molecule has 1 aliphatic rings. The fraction of sp³-hybridized carbons (Fsp3) is 0.231. The van der Waals surface area contributed by atoms with Gasteiger partial charge >= 0.3 is 0 Å². The number of rotatable bonds is 3. The van der Waals surface area contributed by atoms with Crippen molar-refractivity contribution in [2.45, 2.75) is 23.8 Å². The molecule has 0 saturated heterocycles. The zero-order valence-corrected chi connectivity index (χ0v) is 11.1. The van der Waals surface area contributed by atoms with Gasteiger partial charge in [0.1, 0.15) is 4.90 Å². The van der Waals surface area contributed by atoms with E-state index in [4.69, 9.17) is 5.73 Å². The third kappa shape index (κ3) is 2.24. The number of H-pyrrole nitrogens is 1. The van der Waals surface area contributed by atoms with Crippen molar-refractivity contribution < 1.29 is 8.42 Å². The molecule has 0 bridgehead atoms. The van der Waals surface area contributed by atoms with Crippen molar-refractivity contribution >= 4 is 26.6 Å². The van der Waals surface area contributed by atoms with Crippen molar-refractivity contribution in [3.05, 3.63) is 36.5 Å². The van der Waals surface area contributed by atoms with Crippen LogP contribution < -0.4 is 10.5 Å². The number of hydrogen-bond donors (Lipinski definition) is 3. The van der Waals surface area contributed by atoms with Crippen LogP contribution in [0.3, 0.4) is 0 Å². The highest BCUT2D eigenvalue weighted by atomic mass is 32.2. The van der Waals surface area contributed by atoms with Crippen LogP contribution in [0.15, 0.2) is 41.4 Å². The van der Waals surface area contributed by atoms with Crippen LogP contribution in [-0.2, 0) is 10.0 Å². The van der Waals surface area contributed by atoms with Crippen molar-refractivity contribution in [2.75, 3.05) is 5.73 Å². The molecule has 1 aromatic heterocycles. The van der Waals surface area contributed by atoms with Crippen LogP contribution in [0, 0.1) is 0 Å². The largest absolute Gasteiger partial charge is 0.399 e. The first-order chi connectivity index (χ1) is 9.06. The minimum absolute atomic E-state index is 0.0382. The second kappa shape index (κ2) is 4.40. The zero-order valence-electron chi connectivity index (χ0n) is 10.3. The Hall–Kier alpha value is -1.79. The Kier molecular flexibility index (Phi) is 2.83. The number of hydrogen-bond acceptors (Lipinski definition) is 3. The smallest absolute Gasteiger partial charge is 0.242 e. The number of aromatic amines is 1. The van der Waals surface area contributed by atoms with Gasteiger partial charge in [-0.25, -0.2) is 13.1 Å². The Morgan fingerprint density at radius 3 is 2.74 bits per heavy atom. The lowest BCUT2D eigenvalue weighted by molar-refractivity contribution is 0.558. The van der Waals surface area contributed by atoms with Crippen LogP contribution in [0.5, 0.6) is 0 Å². The van der Waals surface area contributed by atoms with Crippen molar-refractivity contribution in [1.29, 1.82) is 0 Å². The Morgan fingerprint density at radius 1 is 1.26 bits per heavy atom. The molecule has 5 nitrogen and oxygen atoms in total. The topological polar surface area (TPSA) is 88.0 Å². The lowest BCUT2D eigenvalue weighted by Crippen LogP contribution is -2.32. The molecule has 0 unspecified atom stereocenters. The van der Waals surface area contributed by atoms with E-state index >= 15 is 0 Å². The molecule has 4 N–H and O–H groups in total. The van der Waals surface area contributed by atoms with Crippen LogP contribution in [0.25, 0.3) is 10.9 Å². The van der Waals surface area contributed by atoms with E-state index in [0.29, 0.717) is 11.1 Å². The average Bonchev–Trinajstić information content (AvgIpc) is 2.96. The van der Waals surface area contributed by atoms with Gasteiger partial charge in [-0.15, -0.1) is 0 Å². The minimum atomic E-state index is -3.50. The number of nitrogens with one attached hydrogen (secondary N) is 2. The maximum absolute atomic E-state index is 12.4. The van der Waals surface area contributed by atoms with Crippen LogP contribution in [0.1, 0.15) is 12.8 Å². The number of nitrogen functional groups attached to an aromatic ring is 1. The van der Waals surface area contributed by atoms with Crippen LogP contribution >= 0.6 is 0 Å². The summed E-state index contributed by atoms with van der Waals surface area (Å²) < 4.78 is 27.4. The van der Waals surface area contributed by atoms with E-state index < -0.39 is 10.0 Å². The third-order valence-electron chi connectivity index (χ3n) is 3.29. The summed E-state index contributed by atoms with van der Waals surface area (Å²) in [4.78, 5) is 3.22. The van der Waals surface area contributed by atoms with Crippen LogP contribution in [-0.4, -0.2) is 19.4 Å². The second-order valence-electron chi connectivity index (χ2n) is 4.72. The molecule has 1 aromatic carbocycles. The molecule has 19 heavy (non-hydrogen) atoms. The standard InChI is InChI=1S/C13H15N3O2S/c14-9-5-6-11-12(7-9)15-8-13(11)19(17,18)16-10-3-1-2-4-10/h1-2,5-8,10,15-16H,3-4,14H2. The molecule has 6 heteroatoms. The lowest BCUT2D eigenvalue weighted by atomic mass is 10.2. The molecular formula is C13H15N3O2S. The van der Waals surface area contributed by atoms with Crippen LogP contribution in [0.2, 0.25) is 0 Å². The minimum Gasteiger partial charge on any atom is -0.399 e. The van der Waals surface area contributed by atoms with Crippen molar-refractivity contribution in [3.63, 3.8) is 0 Å². The molecule has 0 amide bonds. The lowest BCUT2D eigenvalue weighted by Gasteiger charge is -2.11. The molecule has 0 fully saturated rings. The monoisotopic (exact) mass is 277 g/mol. The van der Waals surface area contributed by atoms with Gasteiger partial charge in [0, 0.05) is 28.8 Å². The van der Waals surface area contributed by atoms with E-state index in [1.807, 2.05) is 12.2 Å². The van der Waals surface area contributed by atoms with E-state index in [2.05, 4.69) is 9.71 Å². The summed E-state index contributed by atoms with van der Waals surface area (Å²) in [5.41, 5.74) is 7.01. The molecule has 3 rings (SSSR count). The summed E-state index contributed by atoms with van der Waals surface area (Å²) in [6.07, 6.45) is 6.98. The fourth-order valence-electron chi connectivity index (χ4n) is 2.34. The Morgan fingerprint density at radius 2 is 2.00 bits per heavy atom. The predicted octanol–water partition coefficient (Wildman–Crippen LogP) is 1.75. The van der Waals surface area contributed by atoms with Gasteiger partial charge < -0.3 is 10.7 Å². The van der Waals surface area contributed by atoms with Crippen molar-refractivity contribution in [2.24, 2.45) is 0 Å². The van der Waals surface area contributed by atoms with E-state index in [-0.39, 0.29) is 10.9 Å². The van der Waals surface area contributed by atoms with Gasteiger partial charge in [0.25, 0.3) is 0 Å². The molecule has 2 aromatic rings. The van der Waals surface area contributed by atoms with Gasteiger partial charge in [0.2, 0.25) is 10.0 Å². The number of benzene rings is 1. The summed E-state index contributed by atoms with van der Waals surface area (Å²) in [5, 5.41) is 0.660. The van der Waals surface area contributed by atoms with Gasteiger partial charge in [0.15, 0.2) is 0 Å². The number of aromatic nitrogens is 1. The number of anilines is 1. The predicted molar refractivity (Wildman–Crippen MR) is 75.2 cm³/mol. The molecule has 1 aliphatic carbocycles. The Labute approximate surface area is 111 Å². The molecule has 0 atom stereocenters. The summed E-state index contributed by atoms with van der Waals surface area (Å²) >= 11 is 0. The van der Waals surface area contributed by atoms with E-state index in [9.17, 15) is 8.42 Å². The van der Waals surface area contributed by atoms with Gasteiger partial charge in [-0.1, -0.05) is 12.2 Å². The third-order valence-corrected chi connectivity index (χ3v) is 4.85. The molecule has 0 aliphatic heterocycles. The number of nitrogens with two attached hydrogens (primary N) is 1. The summed E-state index contributed by atoms with van der Waals surface area (Å²) in [6.45, 7) is 0. The maximum atomic E-state index is 12.4. The average molecular weight is 277 g/mol. The molecule has 0 saturated carbocycles. The summed E-state index contributed by atoms with van der Waals surface area (Å²) in [6, 6.07) is 5.11. The molecular weight excluding hydrogens is 262 g/mol. The van der Waals surface area contributed by atoms with E-state index in [1.54, 1.807) is 18.2 Å². The van der Waals surface area contributed by atoms with E-state index in [1.165, 1.54) is 6.20 Å². The fourth-order valence-corrected chi connectivity index (χ4v) is 3.78. The van der Waals surface area contributed by atoms with Gasteiger partial charge in [-0.2, -0.15) is 0 Å². The first-order valence-electron chi connectivity index (χ1n) is 6.10. The Bertz CT molecular complexity index is 738. The van der Waals surface area contributed by atoms with Crippen LogP contribution in [0.4, 0.5) is 5.69 Å². The highest BCUT2D eigenvalue weighted by Crippen LogP contribution is 2.25. The highest BCUT2D eigenvalue weighted by Gasteiger charge is 2.23. The molecule has 1 heterocycles. The van der Waals surface area contributed by atoms with E-state index in [0.717, 1.165) is 18.4 Å². The highest BCUT2D eigenvalue weighted by molar-refractivity contribution is 7.89. The summed E-state index contributed by atoms with van der Waals surface area (Å²) in [7, 11) is -3.50. The van der Waals surface area contributed by atoms with Gasteiger partial charge in [-0.05, 0) is 31.0 Å². The van der Waals surface area contributed by atoms with Gasteiger partial charge in [-0.3, -0.25) is 0 Å². The number of fused-ring (bicyclic) bond motifs is 1. The molecule has 0 spiro atoms. The first-order valence-corrected chi connectivity index (χ1v) is 7.58. The SMILES string of the molecule is Nc1ccc2c(S(=O)(=O)NC3CC=CC3)c[nH]c2c1.